The predicted octanol–water partition coefficient (Wildman–Crippen LogP) is 0.423. The van der Waals surface area contributed by atoms with Crippen LogP contribution in [0.25, 0.3) is 0 Å². The van der Waals surface area contributed by atoms with Crippen LogP contribution in [0.5, 0.6) is 0 Å². The van der Waals surface area contributed by atoms with Gasteiger partial charge >= 0.3 is 0 Å². The molecule has 5 nitrogen and oxygen atoms in total. The fourth-order valence-electron chi connectivity index (χ4n) is 0.858. The molecule has 0 radical (unpaired) electrons. The Kier molecular flexibility index (Phi) is 3.13. The fourth-order valence-corrected chi connectivity index (χ4v) is 0.858. The van der Waals surface area contributed by atoms with Gasteiger partial charge in [-0.3, -0.25) is 4.79 Å². The number of aromatic nitrogens is 3. The van der Waals surface area contributed by atoms with Gasteiger partial charge < -0.3 is 4.74 Å². The first kappa shape index (κ1) is 9.85. The summed E-state index contributed by atoms with van der Waals surface area (Å²) in [4.78, 5) is 11.4. The highest BCUT2D eigenvalue weighted by molar-refractivity contribution is 5.95. The van der Waals surface area contributed by atoms with Gasteiger partial charge in [-0.05, 0) is 13.8 Å². The molecule has 0 N–H and O–H groups in total. The van der Waals surface area contributed by atoms with Gasteiger partial charge in [0.2, 0.25) is 5.78 Å². The Bertz CT molecular complexity index is 293. The summed E-state index contributed by atoms with van der Waals surface area (Å²) < 4.78 is 6.60. The highest BCUT2D eigenvalue weighted by Crippen LogP contribution is 1.97. The molecular weight excluding hydrogens is 170 g/mol. The van der Waals surface area contributed by atoms with Gasteiger partial charge in [0, 0.05) is 7.05 Å². The van der Waals surface area contributed by atoms with Crippen molar-refractivity contribution in [2.45, 2.75) is 20.0 Å². The molecule has 0 aliphatic heterocycles. The summed E-state index contributed by atoms with van der Waals surface area (Å²) in [6.07, 6.45) is 1.50. The summed E-state index contributed by atoms with van der Waals surface area (Å²) in [5.74, 6) is -0.0961. The van der Waals surface area contributed by atoms with E-state index in [0.29, 0.717) is 5.69 Å². The molecule has 0 unspecified atom stereocenters. The van der Waals surface area contributed by atoms with Crippen LogP contribution in [0, 0.1) is 0 Å². The van der Waals surface area contributed by atoms with Crippen molar-refractivity contribution in [3.63, 3.8) is 0 Å². The lowest BCUT2D eigenvalue weighted by Gasteiger charge is -2.05. The molecule has 1 aromatic rings. The van der Waals surface area contributed by atoms with Gasteiger partial charge in [-0.15, -0.1) is 5.10 Å². The quantitative estimate of drug-likeness (QED) is 0.635. The van der Waals surface area contributed by atoms with Crippen molar-refractivity contribution in [1.29, 1.82) is 0 Å². The summed E-state index contributed by atoms with van der Waals surface area (Å²) >= 11 is 0. The molecule has 0 saturated carbocycles. The zero-order valence-electron chi connectivity index (χ0n) is 8.02. The molecule has 0 fully saturated rings. The molecule has 72 valence electrons. The van der Waals surface area contributed by atoms with E-state index in [1.54, 1.807) is 7.05 Å². The maximum atomic E-state index is 11.4. The number of nitrogens with zero attached hydrogens (tertiary/aromatic N) is 3. The van der Waals surface area contributed by atoms with Crippen LogP contribution in [0.3, 0.4) is 0 Å². The van der Waals surface area contributed by atoms with Gasteiger partial charge in [-0.2, -0.15) is 0 Å². The zero-order chi connectivity index (χ0) is 9.84. The van der Waals surface area contributed by atoms with Crippen LogP contribution in [-0.4, -0.2) is 33.5 Å². The largest absolute Gasteiger partial charge is 0.371 e. The number of ketones is 1. The topological polar surface area (TPSA) is 57.0 Å². The van der Waals surface area contributed by atoms with Gasteiger partial charge in [0.25, 0.3) is 0 Å². The molecular formula is C8H13N3O2. The normalized spacial score (nSPS) is 10.8. The molecule has 0 amide bonds. The second-order valence-electron chi connectivity index (χ2n) is 3.03. The molecule has 0 aromatic carbocycles. The van der Waals surface area contributed by atoms with Crippen molar-refractivity contribution in [3.8, 4) is 0 Å². The van der Waals surface area contributed by atoms with Crippen LogP contribution in [0.1, 0.15) is 24.3 Å². The molecule has 0 bridgehead atoms. The lowest BCUT2D eigenvalue weighted by Crippen LogP contribution is -2.16. The van der Waals surface area contributed by atoms with Crippen molar-refractivity contribution >= 4 is 5.78 Å². The third kappa shape index (κ3) is 2.62. The van der Waals surface area contributed by atoms with Crippen LogP contribution in [0.15, 0.2) is 6.20 Å². The first-order chi connectivity index (χ1) is 6.11. The van der Waals surface area contributed by atoms with Gasteiger partial charge in [-0.1, -0.05) is 5.21 Å². The molecule has 0 atom stereocenters. The standard InChI is InChI=1S/C8H13N3O2/c1-6(2)13-5-8(12)7-4-9-10-11(7)3/h4,6H,5H2,1-3H3. The van der Waals surface area contributed by atoms with Gasteiger partial charge in [-0.25, -0.2) is 4.68 Å². The van der Waals surface area contributed by atoms with Crippen LogP contribution in [0.2, 0.25) is 0 Å². The molecule has 0 aliphatic rings. The average molecular weight is 183 g/mol. The highest BCUT2D eigenvalue weighted by Gasteiger charge is 2.11. The third-order valence-corrected chi connectivity index (χ3v) is 1.55. The minimum absolute atomic E-state index is 0.0603. The summed E-state index contributed by atoms with van der Waals surface area (Å²) in [5, 5.41) is 7.26. The highest BCUT2D eigenvalue weighted by atomic mass is 16.5. The summed E-state index contributed by atoms with van der Waals surface area (Å²) in [6.45, 7) is 3.85. The number of aryl methyl sites for hydroxylation is 1. The van der Waals surface area contributed by atoms with E-state index in [0.717, 1.165) is 0 Å². The van der Waals surface area contributed by atoms with E-state index in [9.17, 15) is 4.79 Å². The second kappa shape index (κ2) is 4.13. The molecule has 1 heterocycles. The van der Waals surface area contributed by atoms with Crippen LogP contribution in [-0.2, 0) is 11.8 Å². The lowest BCUT2D eigenvalue weighted by atomic mass is 10.3. The van der Waals surface area contributed by atoms with Crippen molar-refractivity contribution < 1.29 is 9.53 Å². The van der Waals surface area contributed by atoms with E-state index in [1.165, 1.54) is 10.9 Å². The van der Waals surface area contributed by atoms with E-state index in [1.807, 2.05) is 13.8 Å². The van der Waals surface area contributed by atoms with E-state index in [2.05, 4.69) is 10.3 Å². The smallest absolute Gasteiger partial charge is 0.208 e. The Morgan fingerprint density at radius 3 is 2.85 bits per heavy atom. The summed E-state index contributed by atoms with van der Waals surface area (Å²) in [7, 11) is 1.68. The van der Waals surface area contributed by atoms with Gasteiger partial charge in [0.15, 0.2) is 0 Å². The number of carbonyl (C=O) groups is 1. The van der Waals surface area contributed by atoms with Crippen LogP contribution in [0.4, 0.5) is 0 Å². The Morgan fingerprint density at radius 2 is 2.38 bits per heavy atom. The number of hydrogen-bond acceptors (Lipinski definition) is 4. The van der Waals surface area contributed by atoms with E-state index < -0.39 is 0 Å². The molecule has 1 rings (SSSR count). The minimum atomic E-state index is -0.0961. The first-order valence-corrected chi connectivity index (χ1v) is 4.10. The van der Waals surface area contributed by atoms with Gasteiger partial charge in [0.05, 0.1) is 12.3 Å². The predicted molar refractivity (Wildman–Crippen MR) is 46.4 cm³/mol. The second-order valence-corrected chi connectivity index (χ2v) is 3.03. The maximum Gasteiger partial charge on any atom is 0.208 e. The molecule has 1 aromatic heterocycles. The Balaban J connectivity index is 2.54. The molecule has 13 heavy (non-hydrogen) atoms. The SMILES string of the molecule is CC(C)OCC(=O)c1cnnn1C. The van der Waals surface area contributed by atoms with E-state index >= 15 is 0 Å². The monoisotopic (exact) mass is 183 g/mol. The Morgan fingerprint density at radius 1 is 1.69 bits per heavy atom. The molecule has 0 aliphatic carbocycles. The number of carbonyl (C=O) groups excluding carboxylic acids is 1. The minimum Gasteiger partial charge on any atom is -0.371 e. The number of hydrogen-bond donors (Lipinski definition) is 0. The number of Topliss-reactive ketones (excluding diaryl/α,β-unsaturated/α-hetero) is 1. The molecule has 0 saturated heterocycles. The Labute approximate surface area is 76.7 Å². The molecule has 0 spiro atoms. The number of ether oxygens (including phenoxy) is 1. The van der Waals surface area contributed by atoms with Crippen molar-refractivity contribution in [2.75, 3.05) is 6.61 Å². The van der Waals surface area contributed by atoms with Crippen molar-refractivity contribution in [3.05, 3.63) is 11.9 Å². The van der Waals surface area contributed by atoms with E-state index in [-0.39, 0.29) is 18.5 Å². The Hall–Kier alpha value is -1.23. The zero-order valence-corrected chi connectivity index (χ0v) is 8.02. The number of rotatable bonds is 4. The lowest BCUT2D eigenvalue weighted by molar-refractivity contribution is 0.0577. The maximum absolute atomic E-state index is 11.4. The summed E-state index contributed by atoms with van der Waals surface area (Å²) in [5.41, 5.74) is 0.473. The third-order valence-electron chi connectivity index (χ3n) is 1.55. The van der Waals surface area contributed by atoms with E-state index in [4.69, 9.17) is 4.74 Å². The summed E-state index contributed by atoms with van der Waals surface area (Å²) in [6, 6.07) is 0. The average Bonchev–Trinajstić information content (AvgIpc) is 2.47. The van der Waals surface area contributed by atoms with Gasteiger partial charge in [0.1, 0.15) is 12.3 Å². The fraction of sp³-hybridized carbons (Fsp3) is 0.625. The van der Waals surface area contributed by atoms with Crippen molar-refractivity contribution in [1.82, 2.24) is 15.0 Å². The van der Waals surface area contributed by atoms with Crippen LogP contribution < -0.4 is 0 Å². The van der Waals surface area contributed by atoms with Crippen molar-refractivity contribution in [2.24, 2.45) is 7.05 Å². The first-order valence-electron chi connectivity index (χ1n) is 4.10. The molecule has 5 heteroatoms. The van der Waals surface area contributed by atoms with Crippen LogP contribution >= 0.6 is 0 Å².